The van der Waals surface area contributed by atoms with Gasteiger partial charge in [0.1, 0.15) is 11.9 Å². The molecule has 1 aromatic heterocycles. The fourth-order valence-electron chi connectivity index (χ4n) is 6.36. The van der Waals surface area contributed by atoms with Gasteiger partial charge < -0.3 is 29.2 Å². The van der Waals surface area contributed by atoms with Crippen LogP contribution in [0.5, 0.6) is 11.5 Å². The summed E-state index contributed by atoms with van der Waals surface area (Å²) < 4.78 is 12.9. The van der Waals surface area contributed by atoms with Crippen molar-refractivity contribution in [2.24, 2.45) is 7.05 Å². The van der Waals surface area contributed by atoms with Crippen LogP contribution in [0, 0.1) is 0 Å². The zero-order valence-corrected chi connectivity index (χ0v) is 25.2. The first-order valence-corrected chi connectivity index (χ1v) is 15.5. The maximum Gasteiger partial charge on any atom is 0.254 e. The first kappa shape index (κ1) is 29.7. The van der Waals surface area contributed by atoms with E-state index in [9.17, 15) is 14.4 Å². The van der Waals surface area contributed by atoms with Gasteiger partial charge in [-0.25, -0.2) is 4.98 Å². The molecule has 0 aliphatic carbocycles. The van der Waals surface area contributed by atoms with Crippen LogP contribution in [0.3, 0.4) is 0 Å². The first-order valence-electron chi connectivity index (χ1n) is 15.5. The molecule has 11 heteroatoms. The number of carbonyl (C=O) groups excluding carboxylic acids is 3. The Bertz CT molecular complexity index is 1480. The van der Waals surface area contributed by atoms with Crippen LogP contribution in [0.25, 0.3) is 0 Å². The van der Waals surface area contributed by atoms with E-state index in [0.29, 0.717) is 43.1 Å². The number of rotatable bonds is 5. The molecule has 3 aliphatic heterocycles. The molecule has 2 fully saturated rings. The van der Waals surface area contributed by atoms with E-state index in [1.807, 2.05) is 71.4 Å². The van der Waals surface area contributed by atoms with Crippen LogP contribution < -0.4 is 14.8 Å². The van der Waals surface area contributed by atoms with Gasteiger partial charge in [-0.15, -0.1) is 0 Å². The minimum Gasteiger partial charge on any atom is -0.454 e. The topological polar surface area (TPSA) is 109 Å². The minimum absolute atomic E-state index is 0.0810. The SMILES string of the molecule is Cn1ccnc1CN1CCCCNC(=O)[C@@H]2C[C@@H](CN2C(=O)Cc2ccc3c(c2)OCO3)N(C(=O)c2ccccc2)CCC1. The normalized spacial score (nSPS) is 21.2. The third-order valence-corrected chi connectivity index (χ3v) is 8.78. The van der Waals surface area contributed by atoms with Crippen LogP contribution >= 0.6 is 0 Å². The number of imidazole rings is 1. The van der Waals surface area contributed by atoms with Crippen LogP contribution in [0.1, 0.15) is 47.4 Å². The quantitative estimate of drug-likeness (QED) is 0.480. The molecule has 2 saturated heterocycles. The van der Waals surface area contributed by atoms with E-state index < -0.39 is 6.04 Å². The average Bonchev–Trinajstić information content (AvgIpc) is 3.78. The number of hydrogen-bond acceptors (Lipinski definition) is 7. The van der Waals surface area contributed by atoms with E-state index in [2.05, 4.69) is 15.2 Å². The second-order valence-electron chi connectivity index (χ2n) is 11.8. The van der Waals surface area contributed by atoms with Gasteiger partial charge in [-0.05, 0) is 62.1 Å². The van der Waals surface area contributed by atoms with Crippen molar-refractivity contribution in [2.75, 3.05) is 39.5 Å². The number of fused-ring (bicyclic) bond motifs is 3. The predicted molar refractivity (Wildman–Crippen MR) is 163 cm³/mol. The van der Waals surface area contributed by atoms with Crippen molar-refractivity contribution < 1.29 is 23.9 Å². The molecule has 2 bridgehead atoms. The first-order chi connectivity index (χ1) is 21.5. The number of likely N-dealkylation sites (tertiary alicyclic amines) is 1. The average molecular weight is 601 g/mol. The predicted octanol–water partition coefficient (Wildman–Crippen LogP) is 2.61. The Hall–Kier alpha value is -4.38. The van der Waals surface area contributed by atoms with Crippen LogP contribution in [-0.2, 0) is 29.6 Å². The number of ether oxygens (including phenoxy) is 2. The highest BCUT2D eigenvalue weighted by Crippen LogP contribution is 2.33. The van der Waals surface area contributed by atoms with Crippen molar-refractivity contribution in [2.45, 2.75) is 50.7 Å². The number of aromatic nitrogens is 2. The second kappa shape index (κ2) is 13.5. The Morgan fingerprint density at radius 3 is 2.61 bits per heavy atom. The third-order valence-electron chi connectivity index (χ3n) is 8.78. The molecule has 232 valence electrons. The molecule has 0 spiro atoms. The smallest absolute Gasteiger partial charge is 0.254 e. The molecule has 3 amide bonds. The molecular weight excluding hydrogens is 560 g/mol. The van der Waals surface area contributed by atoms with Crippen LogP contribution in [0.15, 0.2) is 60.9 Å². The van der Waals surface area contributed by atoms with Crippen LogP contribution in [0.2, 0.25) is 0 Å². The van der Waals surface area contributed by atoms with E-state index in [1.54, 1.807) is 11.0 Å². The standard InChI is InChI=1S/C33H40N6O5/c1-36-17-13-34-30(36)22-37-14-6-5-12-35-32(41)27-20-26(38(16-7-15-37)33(42)25-8-3-2-4-9-25)21-39(27)31(40)19-24-10-11-28-29(18-24)44-23-43-28/h2-4,8-11,13,17-18,26-27H,5-7,12,14-16,19-23H2,1H3,(H,35,41)/t26-,27-/m0/s1. The van der Waals surface area contributed by atoms with Gasteiger partial charge in [0, 0.05) is 51.2 Å². The number of aryl methyl sites for hydroxylation is 1. The largest absolute Gasteiger partial charge is 0.454 e. The third kappa shape index (κ3) is 6.72. The number of carbonyl (C=O) groups is 3. The highest BCUT2D eigenvalue weighted by molar-refractivity contribution is 5.95. The highest BCUT2D eigenvalue weighted by atomic mass is 16.7. The monoisotopic (exact) mass is 600 g/mol. The molecule has 0 unspecified atom stereocenters. The van der Waals surface area contributed by atoms with Crippen molar-refractivity contribution in [1.29, 1.82) is 0 Å². The summed E-state index contributed by atoms with van der Waals surface area (Å²) in [6.45, 7) is 3.91. The van der Waals surface area contributed by atoms with E-state index >= 15 is 0 Å². The molecular formula is C33H40N6O5. The lowest BCUT2D eigenvalue weighted by atomic mass is 10.1. The zero-order valence-electron chi connectivity index (χ0n) is 25.2. The number of nitrogens with one attached hydrogen (secondary N) is 1. The number of amides is 3. The van der Waals surface area contributed by atoms with Gasteiger partial charge in [0.05, 0.1) is 19.0 Å². The van der Waals surface area contributed by atoms with E-state index in [0.717, 1.165) is 50.3 Å². The minimum atomic E-state index is -0.643. The molecule has 44 heavy (non-hydrogen) atoms. The van der Waals surface area contributed by atoms with Crippen molar-refractivity contribution in [1.82, 2.24) is 29.6 Å². The number of hydrogen-bond donors (Lipinski definition) is 1. The number of benzene rings is 2. The molecule has 3 aromatic rings. The van der Waals surface area contributed by atoms with Crippen molar-refractivity contribution >= 4 is 17.7 Å². The molecule has 2 aromatic carbocycles. The van der Waals surface area contributed by atoms with E-state index in [4.69, 9.17) is 9.47 Å². The summed E-state index contributed by atoms with van der Waals surface area (Å²) in [5.41, 5.74) is 1.39. The van der Waals surface area contributed by atoms with Gasteiger partial charge >= 0.3 is 0 Å². The molecule has 11 nitrogen and oxygen atoms in total. The van der Waals surface area contributed by atoms with Crippen molar-refractivity contribution in [3.63, 3.8) is 0 Å². The Morgan fingerprint density at radius 2 is 1.80 bits per heavy atom. The van der Waals surface area contributed by atoms with Gasteiger partial charge in [0.25, 0.3) is 5.91 Å². The summed E-state index contributed by atoms with van der Waals surface area (Å²) in [7, 11) is 2.00. The van der Waals surface area contributed by atoms with Gasteiger partial charge in [-0.3, -0.25) is 19.3 Å². The molecule has 6 rings (SSSR count). The van der Waals surface area contributed by atoms with Gasteiger partial charge in [-0.2, -0.15) is 0 Å². The maximum atomic E-state index is 13.9. The maximum absolute atomic E-state index is 13.9. The Kier molecular flexibility index (Phi) is 9.11. The summed E-state index contributed by atoms with van der Waals surface area (Å²) in [6, 6.07) is 13.8. The summed E-state index contributed by atoms with van der Waals surface area (Å²) >= 11 is 0. The van der Waals surface area contributed by atoms with E-state index in [-0.39, 0.29) is 37.0 Å². The molecule has 4 heterocycles. The van der Waals surface area contributed by atoms with E-state index in [1.165, 1.54) is 0 Å². The highest BCUT2D eigenvalue weighted by Gasteiger charge is 2.43. The summed E-state index contributed by atoms with van der Waals surface area (Å²) in [5.74, 6) is 1.87. The van der Waals surface area contributed by atoms with Crippen molar-refractivity contribution in [3.05, 3.63) is 77.9 Å². The Balaban J connectivity index is 1.23. The van der Waals surface area contributed by atoms with Crippen LogP contribution in [-0.4, -0.2) is 93.6 Å². The lowest BCUT2D eigenvalue weighted by Crippen LogP contribution is -2.47. The fourth-order valence-corrected chi connectivity index (χ4v) is 6.36. The lowest BCUT2D eigenvalue weighted by Gasteiger charge is -2.31. The molecule has 0 radical (unpaired) electrons. The molecule has 2 atom stereocenters. The lowest BCUT2D eigenvalue weighted by molar-refractivity contribution is -0.138. The van der Waals surface area contributed by atoms with Crippen LogP contribution in [0.4, 0.5) is 0 Å². The fraction of sp³-hybridized carbons (Fsp3) is 0.455. The molecule has 3 aliphatic rings. The Morgan fingerprint density at radius 1 is 0.977 bits per heavy atom. The Labute approximate surface area is 257 Å². The zero-order chi connectivity index (χ0) is 30.5. The number of nitrogens with zero attached hydrogens (tertiary/aromatic N) is 5. The van der Waals surface area contributed by atoms with Crippen molar-refractivity contribution in [3.8, 4) is 11.5 Å². The van der Waals surface area contributed by atoms with Gasteiger partial charge in [0.2, 0.25) is 18.6 Å². The van der Waals surface area contributed by atoms with Gasteiger partial charge in [0.15, 0.2) is 11.5 Å². The summed E-state index contributed by atoms with van der Waals surface area (Å²) in [6.07, 6.45) is 6.80. The molecule has 0 saturated carbocycles. The molecule has 1 N–H and O–H groups in total. The van der Waals surface area contributed by atoms with Gasteiger partial charge in [-0.1, -0.05) is 24.3 Å². The summed E-state index contributed by atoms with van der Waals surface area (Å²) in [4.78, 5) is 51.7. The summed E-state index contributed by atoms with van der Waals surface area (Å²) in [5, 5.41) is 3.08. The second-order valence-corrected chi connectivity index (χ2v) is 11.8.